The molecule has 0 saturated heterocycles. The quantitative estimate of drug-likeness (QED) is 0.940. The van der Waals surface area contributed by atoms with Crippen molar-refractivity contribution in [1.82, 2.24) is 9.97 Å². The summed E-state index contributed by atoms with van der Waals surface area (Å²) in [6.45, 7) is 3.50. The first kappa shape index (κ1) is 14.9. The fourth-order valence-electron chi connectivity index (χ4n) is 1.71. The van der Waals surface area contributed by atoms with Gasteiger partial charge >= 0.3 is 5.97 Å². The predicted octanol–water partition coefficient (Wildman–Crippen LogP) is 3.30. The molecule has 5 nitrogen and oxygen atoms in total. The molecule has 106 valence electrons. The summed E-state index contributed by atoms with van der Waals surface area (Å²) in [5, 5.41) is 18.2. The molecule has 0 unspecified atom stereocenters. The lowest BCUT2D eigenvalue weighted by molar-refractivity contribution is 0.0697. The van der Waals surface area contributed by atoms with Crippen molar-refractivity contribution in [3.05, 3.63) is 46.9 Å². The van der Waals surface area contributed by atoms with Crippen molar-refractivity contribution in [3.63, 3.8) is 0 Å². The molecule has 1 aromatic carbocycles. The maximum Gasteiger partial charge on any atom is 0.337 e. The number of nitriles is 1. The van der Waals surface area contributed by atoms with Gasteiger partial charge in [0.15, 0.2) is 0 Å². The third-order valence-corrected chi connectivity index (χ3v) is 3.36. The van der Waals surface area contributed by atoms with Gasteiger partial charge in [0, 0.05) is 5.56 Å². The van der Waals surface area contributed by atoms with Crippen LogP contribution in [0.1, 0.15) is 29.9 Å². The van der Waals surface area contributed by atoms with Crippen LogP contribution in [0.5, 0.6) is 0 Å². The molecule has 0 radical (unpaired) electrons. The molecule has 1 aromatic heterocycles. The van der Waals surface area contributed by atoms with Gasteiger partial charge in [-0.05, 0) is 26.0 Å². The van der Waals surface area contributed by atoms with E-state index < -0.39 is 11.4 Å². The average molecular weight is 302 g/mol. The van der Waals surface area contributed by atoms with E-state index in [0.717, 1.165) is 0 Å². The topological polar surface area (TPSA) is 86.9 Å². The molecule has 0 spiro atoms. The zero-order valence-electron chi connectivity index (χ0n) is 11.5. The lowest BCUT2D eigenvalue weighted by Gasteiger charge is -2.14. The second kappa shape index (κ2) is 5.51. The summed E-state index contributed by atoms with van der Waals surface area (Å²) < 4.78 is 0. The third kappa shape index (κ3) is 3.01. The highest BCUT2D eigenvalue weighted by Gasteiger charge is 2.22. The lowest BCUT2D eigenvalue weighted by Crippen LogP contribution is -2.16. The van der Waals surface area contributed by atoms with E-state index in [2.05, 4.69) is 16.0 Å². The molecule has 1 heterocycles. The van der Waals surface area contributed by atoms with Crippen LogP contribution in [-0.4, -0.2) is 21.0 Å². The van der Waals surface area contributed by atoms with Crippen LogP contribution in [0.25, 0.3) is 11.3 Å². The molecular weight excluding hydrogens is 290 g/mol. The molecule has 0 fully saturated rings. The van der Waals surface area contributed by atoms with E-state index in [1.165, 1.54) is 12.1 Å². The number of benzene rings is 1. The Labute approximate surface area is 126 Å². The smallest absolute Gasteiger partial charge is 0.337 e. The summed E-state index contributed by atoms with van der Waals surface area (Å²) in [5.74, 6) is -1.09. The van der Waals surface area contributed by atoms with Crippen LogP contribution in [0.3, 0.4) is 0 Å². The minimum Gasteiger partial charge on any atom is -0.478 e. The summed E-state index contributed by atoms with van der Waals surface area (Å²) in [6, 6.07) is 6.73. The Morgan fingerprint density at radius 2 is 2.10 bits per heavy atom. The molecule has 2 rings (SSSR count). The molecule has 0 atom stereocenters. The fourth-order valence-corrected chi connectivity index (χ4v) is 1.97. The van der Waals surface area contributed by atoms with Crippen molar-refractivity contribution in [2.24, 2.45) is 0 Å². The molecule has 0 saturated carbocycles. The summed E-state index contributed by atoms with van der Waals surface area (Å²) in [4.78, 5) is 19.4. The molecule has 0 bridgehead atoms. The molecule has 21 heavy (non-hydrogen) atoms. The monoisotopic (exact) mass is 301 g/mol. The van der Waals surface area contributed by atoms with Crippen LogP contribution < -0.4 is 0 Å². The number of hydrogen-bond donors (Lipinski definition) is 1. The molecule has 0 amide bonds. The van der Waals surface area contributed by atoms with Crippen LogP contribution in [0.15, 0.2) is 30.6 Å². The van der Waals surface area contributed by atoms with Crippen LogP contribution in [-0.2, 0) is 5.41 Å². The maximum atomic E-state index is 10.9. The average Bonchev–Trinajstić information content (AvgIpc) is 2.47. The molecule has 0 aliphatic rings. The van der Waals surface area contributed by atoms with E-state index in [4.69, 9.17) is 22.0 Å². The largest absolute Gasteiger partial charge is 0.478 e. The second-order valence-electron chi connectivity index (χ2n) is 5.03. The molecule has 0 aliphatic carbocycles. The van der Waals surface area contributed by atoms with Gasteiger partial charge < -0.3 is 5.11 Å². The minimum atomic E-state index is -1.09. The van der Waals surface area contributed by atoms with Gasteiger partial charge in [0.2, 0.25) is 0 Å². The SMILES string of the molecule is CC(C)(C#N)c1cncc(-c2ccc(C(=O)O)c(Cl)c2)n1. The van der Waals surface area contributed by atoms with Crippen molar-refractivity contribution < 1.29 is 9.90 Å². The van der Waals surface area contributed by atoms with E-state index in [9.17, 15) is 4.79 Å². The summed E-state index contributed by atoms with van der Waals surface area (Å²) >= 11 is 5.95. The summed E-state index contributed by atoms with van der Waals surface area (Å²) in [5.41, 5.74) is 0.999. The lowest BCUT2D eigenvalue weighted by atomic mass is 9.91. The van der Waals surface area contributed by atoms with E-state index in [1.807, 2.05) is 0 Å². The Morgan fingerprint density at radius 1 is 1.38 bits per heavy atom. The van der Waals surface area contributed by atoms with Gasteiger partial charge in [-0.2, -0.15) is 5.26 Å². The van der Waals surface area contributed by atoms with Gasteiger partial charge in [-0.3, -0.25) is 4.98 Å². The summed E-state index contributed by atoms with van der Waals surface area (Å²) in [7, 11) is 0. The number of carboxylic acids is 1. The maximum absolute atomic E-state index is 10.9. The van der Waals surface area contributed by atoms with Crippen molar-refractivity contribution in [2.45, 2.75) is 19.3 Å². The normalized spacial score (nSPS) is 11.0. The highest BCUT2D eigenvalue weighted by atomic mass is 35.5. The first-order valence-corrected chi connectivity index (χ1v) is 6.50. The number of halogens is 1. The van der Waals surface area contributed by atoms with Gasteiger partial charge in [-0.1, -0.05) is 17.7 Å². The number of carbonyl (C=O) groups is 1. The number of aromatic nitrogens is 2. The molecule has 6 heteroatoms. The van der Waals surface area contributed by atoms with Crippen molar-refractivity contribution in [2.75, 3.05) is 0 Å². The number of aromatic carboxylic acids is 1. The van der Waals surface area contributed by atoms with Gasteiger partial charge in [0.1, 0.15) is 0 Å². The predicted molar refractivity (Wildman–Crippen MR) is 78.1 cm³/mol. The van der Waals surface area contributed by atoms with Crippen molar-refractivity contribution in [3.8, 4) is 17.3 Å². The van der Waals surface area contributed by atoms with E-state index in [-0.39, 0.29) is 10.6 Å². The first-order valence-electron chi connectivity index (χ1n) is 6.12. The number of hydrogen-bond acceptors (Lipinski definition) is 4. The van der Waals surface area contributed by atoms with Crippen molar-refractivity contribution in [1.29, 1.82) is 5.26 Å². The van der Waals surface area contributed by atoms with E-state index >= 15 is 0 Å². The Kier molecular flexibility index (Phi) is 3.92. The first-order chi connectivity index (χ1) is 9.85. The van der Waals surface area contributed by atoms with E-state index in [0.29, 0.717) is 17.0 Å². The Hall–Kier alpha value is -2.45. The Morgan fingerprint density at radius 3 is 2.67 bits per heavy atom. The number of rotatable bonds is 3. The van der Waals surface area contributed by atoms with Crippen LogP contribution in [0.2, 0.25) is 5.02 Å². The Balaban J connectivity index is 2.49. The van der Waals surface area contributed by atoms with Crippen LogP contribution in [0, 0.1) is 11.3 Å². The third-order valence-electron chi connectivity index (χ3n) is 3.05. The fraction of sp³-hybridized carbons (Fsp3) is 0.200. The van der Waals surface area contributed by atoms with Gasteiger partial charge in [0.25, 0.3) is 0 Å². The zero-order valence-corrected chi connectivity index (χ0v) is 12.2. The number of carboxylic acid groups (broad SMARTS) is 1. The van der Waals surface area contributed by atoms with Crippen molar-refractivity contribution >= 4 is 17.6 Å². The molecule has 1 N–H and O–H groups in total. The molecule has 2 aromatic rings. The highest BCUT2D eigenvalue weighted by Crippen LogP contribution is 2.26. The summed E-state index contributed by atoms with van der Waals surface area (Å²) in [6.07, 6.45) is 3.09. The van der Waals surface area contributed by atoms with Gasteiger partial charge in [-0.25, -0.2) is 9.78 Å². The molecular formula is C15H12ClN3O2. The van der Waals surface area contributed by atoms with E-state index in [1.54, 1.807) is 32.3 Å². The Bertz CT molecular complexity index is 751. The van der Waals surface area contributed by atoms with Gasteiger partial charge in [-0.15, -0.1) is 0 Å². The zero-order chi connectivity index (χ0) is 15.6. The van der Waals surface area contributed by atoms with Crippen LogP contribution in [0.4, 0.5) is 0 Å². The minimum absolute atomic E-state index is 0.0295. The van der Waals surface area contributed by atoms with Crippen LogP contribution >= 0.6 is 11.6 Å². The second-order valence-corrected chi connectivity index (χ2v) is 5.43. The number of nitrogens with zero attached hydrogens (tertiary/aromatic N) is 3. The molecule has 0 aliphatic heterocycles. The highest BCUT2D eigenvalue weighted by molar-refractivity contribution is 6.33. The van der Waals surface area contributed by atoms with Gasteiger partial charge in [0.05, 0.1) is 45.9 Å². The standard InChI is InChI=1S/C15H12ClN3O2/c1-15(2,8-17)13-7-18-6-12(19-13)9-3-4-10(14(20)21)11(16)5-9/h3-7H,1-2H3,(H,20,21).